The van der Waals surface area contributed by atoms with Gasteiger partial charge in [-0.3, -0.25) is 4.79 Å². The number of nitrogens with one attached hydrogen (secondary N) is 1. The zero-order valence-corrected chi connectivity index (χ0v) is 14.8. The number of carbonyl (C=O) groups excluding carboxylic acids is 1. The molecule has 0 saturated heterocycles. The summed E-state index contributed by atoms with van der Waals surface area (Å²) in [6.07, 6.45) is 0. The van der Waals surface area contributed by atoms with Gasteiger partial charge in [0.1, 0.15) is 4.83 Å². The molecule has 3 aromatic rings. The van der Waals surface area contributed by atoms with Crippen molar-refractivity contribution < 1.29 is 9.53 Å². The molecule has 120 valence electrons. The van der Waals surface area contributed by atoms with E-state index in [0.29, 0.717) is 11.5 Å². The quantitative estimate of drug-likeness (QED) is 0.762. The lowest BCUT2D eigenvalue weighted by molar-refractivity contribution is 0.103. The van der Waals surface area contributed by atoms with Crippen molar-refractivity contribution >= 4 is 48.9 Å². The summed E-state index contributed by atoms with van der Waals surface area (Å²) in [5, 5.41) is 3.88. The summed E-state index contributed by atoms with van der Waals surface area (Å²) in [5.74, 6) is -0.110. The second kappa shape index (κ2) is 6.66. The van der Waals surface area contributed by atoms with Crippen molar-refractivity contribution in [3.8, 4) is 0 Å². The number of carbonyl (C=O) groups is 1. The van der Waals surface area contributed by atoms with Crippen LogP contribution in [0.25, 0.3) is 9.53 Å². The van der Waals surface area contributed by atoms with Gasteiger partial charge in [-0.25, -0.2) is 4.98 Å². The molecule has 1 amide bonds. The number of fused-ring (bicyclic) bond motifs is 1. The molecule has 1 N–H and O–H groups in total. The summed E-state index contributed by atoms with van der Waals surface area (Å²) in [6, 6.07) is 9.56. The molecule has 7 heteroatoms. The van der Waals surface area contributed by atoms with Gasteiger partial charge in [0.15, 0.2) is 5.13 Å². The van der Waals surface area contributed by atoms with Crippen LogP contribution in [0.4, 0.5) is 10.8 Å². The Kier molecular flexibility index (Phi) is 4.61. The van der Waals surface area contributed by atoms with Crippen LogP contribution < -0.4 is 10.2 Å². The molecule has 0 spiro atoms. The number of methoxy groups -OCH3 is 1. The molecule has 0 fully saturated rings. The molecular weight excluding hydrogens is 330 g/mol. The van der Waals surface area contributed by atoms with Crippen LogP contribution in [0, 0.1) is 0 Å². The van der Waals surface area contributed by atoms with Crippen molar-refractivity contribution in [1.29, 1.82) is 0 Å². The summed E-state index contributed by atoms with van der Waals surface area (Å²) in [4.78, 5) is 20.5. The van der Waals surface area contributed by atoms with Crippen LogP contribution in [0.5, 0.6) is 0 Å². The lowest BCUT2D eigenvalue weighted by atomic mass is 10.2. The SMILES string of the molecule is COCc1cccc(NC(=O)c2cc3sc(N(C)C)nc3s2)c1. The van der Waals surface area contributed by atoms with Crippen molar-refractivity contribution in [3.05, 3.63) is 40.8 Å². The topological polar surface area (TPSA) is 54.5 Å². The first-order valence-electron chi connectivity index (χ1n) is 7.04. The number of benzene rings is 1. The minimum Gasteiger partial charge on any atom is -0.380 e. The van der Waals surface area contributed by atoms with Gasteiger partial charge < -0.3 is 15.0 Å². The van der Waals surface area contributed by atoms with E-state index in [9.17, 15) is 4.79 Å². The number of amides is 1. The van der Waals surface area contributed by atoms with E-state index in [0.717, 1.165) is 25.9 Å². The lowest BCUT2D eigenvalue weighted by Crippen LogP contribution is -2.10. The van der Waals surface area contributed by atoms with E-state index in [1.807, 2.05) is 49.3 Å². The molecule has 5 nitrogen and oxygen atoms in total. The molecule has 0 saturated carbocycles. The number of hydrogen-bond donors (Lipinski definition) is 1. The molecule has 0 unspecified atom stereocenters. The summed E-state index contributed by atoms with van der Waals surface area (Å²) in [5.41, 5.74) is 1.79. The Morgan fingerprint density at radius 1 is 1.30 bits per heavy atom. The Bertz CT molecular complexity index is 807. The maximum absolute atomic E-state index is 12.4. The van der Waals surface area contributed by atoms with Gasteiger partial charge in [-0.1, -0.05) is 23.5 Å². The smallest absolute Gasteiger partial charge is 0.265 e. The third kappa shape index (κ3) is 3.52. The fourth-order valence-corrected chi connectivity index (χ4v) is 4.15. The number of hydrogen-bond acceptors (Lipinski definition) is 6. The molecule has 3 rings (SSSR count). The number of aromatic nitrogens is 1. The molecule has 0 radical (unpaired) electrons. The summed E-state index contributed by atoms with van der Waals surface area (Å²) < 4.78 is 6.15. The minimum atomic E-state index is -0.110. The number of anilines is 2. The highest BCUT2D eigenvalue weighted by Crippen LogP contribution is 2.34. The molecule has 0 aliphatic carbocycles. The van der Waals surface area contributed by atoms with Crippen molar-refractivity contribution in [1.82, 2.24) is 4.98 Å². The van der Waals surface area contributed by atoms with Crippen molar-refractivity contribution in [2.75, 3.05) is 31.4 Å². The van der Waals surface area contributed by atoms with Gasteiger partial charge in [-0.2, -0.15) is 0 Å². The lowest BCUT2D eigenvalue weighted by Gasteiger charge is -2.06. The Balaban J connectivity index is 1.77. The zero-order valence-electron chi connectivity index (χ0n) is 13.1. The van der Waals surface area contributed by atoms with Crippen molar-refractivity contribution in [2.45, 2.75) is 6.61 Å². The van der Waals surface area contributed by atoms with Crippen LogP contribution in [0.3, 0.4) is 0 Å². The second-order valence-electron chi connectivity index (χ2n) is 5.26. The highest BCUT2D eigenvalue weighted by Gasteiger charge is 2.15. The molecule has 0 aliphatic rings. The highest BCUT2D eigenvalue weighted by atomic mass is 32.1. The number of ether oxygens (including phenoxy) is 1. The van der Waals surface area contributed by atoms with E-state index in [-0.39, 0.29) is 5.91 Å². The average Bonchev–Trinajstić information content (AvgIpc) is 3.06. The van der Waals surface area contributed by atoms with Gasteiger partial charge in [0, 0.05) is 26.9 Å². The monoisotopic (exact) mass is 347 g/mol. The van der Waals surface area contributed by atoms with E-state index in [1.54, 1.807) is 18.4 Å². The molecular formula is C16H17N3O2S2. The first-order valence-corrected chi connectivity index (χ1v) is 8.67. The third-order valence-corrected chi connectivity index (χ3v) is 5.51. The number of nitrogens with zero attached hydrogens (tertiary/aromatic N) is 2. The van der Waals surface area contributed by atoms with Gasteiger partial charge >= 0.3 is 0 Å². The zero-order chi connectivity index (χ0) is 16.4. The number of thiazole rings is 1. The maximum Gasteiger partial charge on any atom is 0.265 e. The first kappa shape index (κ1) is 15.9. The van der Waals surface area contributed by atoms with Crippen LogP contribution >= 0.6 is 22.7 Å². The fraction of sp³-hybridized carbons (Fsp3) is 0.250. The molecule has 1 aromatic carbocycles. The van der Waals surface area contributed by atoms with Gasteiger partial charge in [0.05, 0.1) is 16.2 Å². The minimum absolute atomic E-state index is 0.110. The Morgan fingerprint density at radius 2 is 2.13 bits per heavy atom. The van der Waals surface area contributed by atoms with Crippen LogP contribution in [-0.2, 0) is 11.3 Å². The molecule has 2 aromatic heterocycles. The van der Waals surface area contributed by atoms with Crippen LogP contribution in [-0.4, -0.2) is 32.1 Å². The van der Waals surface area contributed by atoms with Gasteiger partial charge in [0.2, 0.25) is 0 Å². The van der Waals surface area contributed by atoms with E-state index in [1.165, 1.54) is 11.3 Å². The Morgan fingerprint density at radius 3 is 2.83 bits per heavy atom. The summed E-state index contributed by atoms with van der Waals surface area (Å²) in [7, 11) is 5.57. The van der Waals surface area contributed by atoms with E-state index in [2.05, 4.69) is 10.3 Å². The molecule has 0 aliphatic heterocycles. The summed E-state index contributed by atoms with van der Waals surface area (Å²) in [6.45, 7) is 0.523. The number of rotatable bonds is 5. The van der Waals surface area contributed by atoms with Crippen LogP contribution in [0.15, 0.2) is 30.3 Å². The van der Waals surface area contributed by atoms with Gasteiger partial charge in [-0.15, -0.1) is 11.3 Å². The highest BCUT2D eigenvalue weighted by molar-refractivity contribution is 7.29. The second-order valence-corrected chi connectivity index (χ2v) is 7.30. The standard InChI is InChI=1S/C16H17N3O2S2/c1-19(2)16-18-15-13(23-16)8-12(22-15)14(20)17-11-6-4-5-10(7-11)9-21-3/h4-8H,9H2,1-3H3,(H,17,20). The maximum atomic E-state index is 12.4. The van der Waals surface area contributed by atoms with Gasteiger partial charge in [0.25, 0.3) is 5.91 Å². The Hall–Kier alpha value is -1.96. The van der Waals surface area contributed by atoms with Crippen molar-refractivity contribution in [2.24, 2.45) is 0 Å². The largest absolute Gasteiger partial charge is 0.380 e. The predicted molar refractivity (Wildman–Crippen MR) is 96.9 cm³/mol. The Labute approximate surface area is 142 Å². The molecule has 0 atom stereocenters. The molecule has 23 heavy (non-hydrogen) atoms. The van der Waals surface area contributed by atoms with E-state index >= 15 is 0 Å². The molecule has 2 heterocycles. The fourth-order valence-electron chi connectivity index (χ4n) is 2.13. The van der Waals surface area contributed by atoms with Crippen LogP contribution in [0.1, 0.15) is 15.2 Å². The van der Waals surface area contributed by atoms with E-state index in [4.69, 9.17) is 4.74 Å². The average molecular weight is 347 g/mol. The summed E-state index contributed by atoms with van der Waals surface area (Å²) >= 11 is 3.00. The van der Waals surface area contributed by atoms with E-state index < -0.39 is 0 Å². The van der Waals surface area contributed by atoms with Gasteiger partial charge in [-0.05, 0) is 23.8 Å². The predicted octanol–water partition coefficient (Wildman–Crippen LogP) is 3.82. The molecule has 0 bridgehead atoms. The normalized spacial score (nSPS) is 10.9. The van der Waals surface area contributed by atoms with Crippen molar-refractivity contribution in [3.63, 3.8) is 0 Å². The number of thiophene rings is 1. The first-order chi connectivity index (χ1) is 11.1. The third-order valence-electron chi connectivity index (χ3n) is 3.18. The van der Waals surface area contributed by atoms with Crippen LogP contribution in [0.2, 0.25) is 0 Å².